The maximum absolute atomic E-state index is 5.38. The van der Waals surface area contributed by atoms with Crippen molar-refractivity contribution in [2.45, 2.75) is 59.7 Å². The molecular formula is C15H29N3O. The second kappa shape index (κ2) is 7.06. The largest absolute Gasteiger partial charge is 0.360 e. The Morgan fingerprint density at radius 3 is 2.68 bits per heavy atom. The van der Waals surface area contributed by atoms with Crippen molar-refractivity contribution in [3.05, 3.63) is 17.5 Å². The third kappa shape index (κ3) is 6.73. The Labute approximate surface area is 117 Å². The molecule has 4 heteroatoms. The summed E-state index contributed by atoms with van der Waals surface area (Å²) in [6.45, 7) is 13.6. The van der Waals surface area contributed by atoms with Crippen LogP contribution in [0.2, 0.25) is 0 Å². The van der Waals surface area contributed by atoms with Gasteiger partial charge in [0.2, 0.25) is 0 Å². The van der Waals surface area contributed by atoms with Crippen LogP contribution in [0.15, 0.2) is 10.6 Å². The van der Waals surface area contributed by atoms with E-state index in [-0.39, 0.29) is 5.54 Å². The number of aromatic nitrogens is 1. The zero-order valence-electron chi connectivity index (χ0n) is 13.3. The monoisotopic (exact) mass is 267 g/mol. The number of hydrogen-bond acceptors (Lipinski definition) is 4. The minimum absolute atomic E-state index is 0.104. The fraction of sp³-hybridized carbons (Fsp3) is 0.800. The van der Waals surface area contributed by atoms with Gasteiger partial charge in [0.05, 0.1) is 12.2 Å². The fourth-order valence-corrected chi connectivity index (χ4v) is 1.86. The molecule has 4 nitrogen and oxygen atoms in total. The lowest BCUT2D eigenvalue weighted by Gasteiger charge is -2.19. The van der Waals surface area contributed by atoms with Gasteiger partial charge in [0.25, 0.3) is 0 Å². The van der Waals surface area contributed by atoms with E-state index in [1.54, 1.807) is 0 Å². The van der Waals surface area contributed by atoms with Crippen molar-refractivity contribution < 1.29 is 4.52 Å². The summed E-state index contributed by atoms with van der Waals surface area (Å²) in [4.78, 5) is 2.29. The van der Waals surface area contributed by atoms with Gasteiger partial charge in [-0.25, -0.2) is 0 Å². The van der Waals surface area contributed by atoms with Crippen molar-refractivity contribution in [2.24, 2.45) is 5.92 Å². The molecule has 110 valence electrons. The quantitative estimate of drug-likeness (QED) is 0.824. The van der Waals surface area contributed by atoms with Crippen LogP contribution in [-0.2, 0) is 13.1 Å². The highest BCUT2D eigenvalue weighted by atomic mass is 16.5. The molecule has 19 heavy (non-hydrogen) atoms. The van der Waals surface area contributed by atoms with Crippen LogP contribution in [0.5, 0.6) is 0 Å². The molecule has 0 aliphatic heterocycles. The van der Waals surface area contributed by atoms with E-state index in [1.807, 2.05) is 6.07 Å². The Balaban J connectivity index is 2.42. The number of nitrogens with zero attached hydrogens (tertiary/aromatic N) is 2. The summed E-state index contributed by atoms with van der Waals surface area (Å²) < 4.78 is 5.38. The molecule has 0 aromatic carbocycles. The van der Waals surface area contributed by atoms with Crippen LogP contribution in [0.3, 0.4) is 0 Å². The smallest absolute Gasteiger partial charge is 0.151 e. The average molecular weight is 267 g/mol. The summed E-state index contributed by atoms with van der Waals surface area (Å²) in [6.07, 6.45) is 1.21. The molecule has 1 N–H and O–H groups in total. The van der Waals surface area contributed by atoms with Crippen LogP contribution >= 0.6 is 0 Å². The van der Waals surface area contributed by atoms with Crippen LogP contribution in [-0.4, -0.2) is 29.2 Å². The van der Waals surface area contributed by atoms with Gasteiger partial charge in [0.15, 0.2) is 5.76 Å². The van der Waals surface area contributed by atoms with Crippen molar-refractivity contribution in [1.82, 2.24) is 15.4 Å². The first-order valence-electron chi connectivity index (χ1n) is 7.18. The summed E-state index contributed by atoms with van der Waals surface area (Å²) in [5.41, 5.74) is 1.08. The summed E-state index contributed by atoms with van der Waals surface area (Å²) >= 11 is 0. The molecule has 1 aromatic rings. The molecule has 1 atom stereocenters. The Kier molecular flexibility index (Phi) is 6.01. The molecule has 0 amide bonds. The van der Waals surface area contributed by atoms with E-state index in [4.69, 9.17) is 4.52 Å². The molecule has 1 aromatic heterocycles. The Morgan fingerprint density at radius 1 is 1.42 bits per heavy atom. The van der Waals surface area contributed by atoms with Crippen LogP contribution in [0.25, 0.3) is 0 Å². The standard InChI is InChI=1S/C15H29N3O/c1-7-12(2)10-18(6)11-14-8-13(17-19-14)9-16-15(3,4)5/h8,12,16H,7,9-11H2,1-6H3. The van der Waals surface area contributed by atoms with Crippen LogP contribution in [0.4, 0.5) is 0 Å². The first-order chi connectivity index (χ1) is 8.80. The molecule has 0 aliphatic carbocycles. The number of hydrogen-bond donors (Lipinski definition) is 1. The lowest BCUT2D eigenvalue weighted by molar-refractivity contribution is 0.240. The van der Waals surface area contributed by atoms with E-state index in [1.165, 1.54) is 6.42 Å². The lowest BCUT2D eigenvalue weighted by atomic mass is 10.1. The molecule has 0 aliphatic rings. The van der Waals surface area contributed by atoms with E-state index in [0.29, 0.717) is 0 Å². The first-order valence-corrected chi connectivity index (χ1v) is 7.18. The van der Waals surface area contributed by atoms with Crippen LogP contribution < -0.4 is 5.32 Å². The van der Waals surface area contributed by atoms with Gasteiger partial charge in [-0.2, -0.15) is 0 Å². The average Bonchev–Trinajstić information content (AvgIpc) is 2.73. The maximum Gasteiger partial charge on any atom is 0.151 e. The van der Waals surface area contributed by atoms with Crippen molar-refractivity contribution in [1.29, 1.82) is 0 Å². The highest BCUT2D eigenvalue weighted by molar-refractivity contribution is 5.05. The normalized spacial score (nSPS) is 14.1. The maximum atomic E-state index is 5.38. The van der Waals surface area contributed by atoms with Gasteiger partial charge in [-0.3, -0.25) is 4.90 Å². The summed E-state index contributed by atoms with van der Waals surface area (Å²) in [5.74, 6) is 1.66. The Bertz CT molecular complexity index is 368. The summed E-state index contributed by atoms with van der Waals surface area (Å²) in [7, 11) is 2.13. The van der Waals surface area contributed by atoms with Crippen LogP contribution in [0.1, 0.15) is 52.5 Å². The fourth-order valence-electron chi connectivity index (χ4n) is 1.86. The van der Waals surface area contributed by atoms with Gasteiger partial charge in [-0.1, -0.05) is 25.4 Å². The summed E-state index contributed by atoms with van der Waals surface area (Å²) in [5, 5.41) is 7.52. The zero-order valence-corrected chi connectivity index (χ0v) is 13.3. The first kappa shape index (κ1) is 16.2. The van der Waals surface area contributed by atoms with Crippen molar-refractivity contribution in [2.75, 3.05) is 13.6 Å². The molecule has 1 heterocycles. The predicted octanol–water partition coefficient (Wildman–Crippen LogP) is 3.04. The molecule has 0 radical (unpaired) electrons. The summed E-state index contributed by atoms with van der Waals surface area (Å²) in [6, 6.07) is 2.05. The van der Waals surface area contributed by atoms with E-state index in [2.05, 4.69) is 57.0 Å². The van der Waals surface area contributed by atoms with Crippen molar-refractivity contribution in [3.8, 4) is 0 Å². The minimum atomic E-state index is 0.104. The van der Waals surface area contributed by atoms with Gasteiger partial charge in [0, 0.05) is 24.7 Å². The second-order valence-corrected chi connectivity index (χ2v) is 6.60. The molecule has 0 bridgehead atoms. The molecule has 0 saturated carbocycles. The van der Waals surface area contributed by atoms with E-state index >= 15 is 0 Å². The van der Waals surface area contributed by atoms with Gasteiger partial charge in [0.1, 0.15) is 0 Å². The third-order valence-electron chi connectivity index (χ3n) is 3.15. The molecule has 1 unspecified atom stereocenters. The van der Waals surface area contributed by atoms with Gasteiger partial charge >= 0.3 is 0 Å². The Hall–Kier alpha value is -0.870. The van der Waals surface area contributed by atoms with E-state index in [0.717, 1.165) is 37.0 Å². The van der Waals surface area contributed by atoms with Crippen molar-refractivity contribution >= 4 is 0 Å². The Morgan fingerprint density at radius 2 is 2.11 bits per heavy atom. The molecular weight excluding hydrogens is 238 g/mol. The van der Waals surface area contributed by atoms with Gasteiger partial charge in [-0.15, -0.1) is 0 Å². The zero-order chi connectivity index (χ0) is 14.5. The number of rotatable bonds is 7. The SMILES string of the molecule is CCC(C)CN(C)Cc1cc(CNC(C)(C)C)no1. The highest BCUT2D eigenvalue weighted by Gasteiger charge is 2.12. The topological polar surface area (TPSA) is 41.3 Å². The molecule has 0 spiro atoms. The van der Waals surface area contributed by atoms with Gasteiger partial charge < -0.3 is 9.84 Å². The lowest BCUT2D eigenvalue weighted by Crippen LogP contribution is -2.35. The van der Waals surface area contributed by atoms with Gasteiger partial charge in [-0.05, 0) is 33.7 Å². The molecule has 0 saturated heterocycles. The third-order valence-corrected chi connectivity index (χ3v) is 3.15. The highest BCUT2D eigenvalue weighted by Crippen LogP contribution is 2.10. The minimum Gasteiger partial charge on any atom is -0.360 e. The number of nitrogens with one attached hydrogen (secondary N) is 1. The second-order valence-electron chi connectivity index (χ2n) is 6.60. The molecule has 1 rings (SSSR count). The molecule has 0 fully saturated rings. The van der Waals surface area contributed by atoms with E-state index in [9.17, 15) is 0 Å². The van der Waals surface area contributed by atoms with Crippen LogP contribution in [0, 0.1) is 5.92 Å². The van der Waals surface area contributed by atoms with E-state index < -0.39 is 0 Å². The van der Waals surface area contributed by atoms with Crippen molar-refractivity contribution in [3.63, 3.8) is 0 Å². The predicted molar refractivity (Wildman–Crippen MR) is 78.9 cm³/mol.